The van der Waals surface area contributed by atoms with Crippen molar-refractivity contribution in [1.82, 2.24) is 0 Å². The molecule has 84 valence electrons. The van der Waals surface area contributed by atoms with Gasteiger partial charge in [0.1, 0.15) is 0 Å². The number of hydrogen-bond donors (Lipinski definition) is 2. The van der Waals surface area contributed by atoms with Gasteiger partial charge in [0.25, 0.3) is 0 Å². The van der Waals surface area contributed by atoms with E-state index in [1.54, 1.807) is 21.3 Å². The Hall–Kier alpha value is -1.23. The standard InChI is InChI=1S/C10H15NO3S/c1-12-8-4-7(11-6-15)5-9(13-2)10(8)14-3/h4-5,11,15H,6H2,1-3H3. The summed E-state index contributed by atoms with van der Waals surface area (Å²) in [7, 11) is 4.75. The fourth-order valence-corrected chi connectivity index (χ4v) is 1.46. The van der Waals surface area contributed by atoms with Gasteiger partial charge in [0.2, 0.25) is 5.75 Å². The van der Waals surface area contributed by atoms with E-state index in [9.17, 15) is 0 Å². The molecule has 0 radical (unpaired) electrons. The van der Waals surface area contributed by atoms with Gasteiger partial charge in [0, 0.05) is 17.8 Å². The Kier molecular flexibility index (Phi) is 4.42. The molecule has 1 aromatic rings. The molecule has 1 rings (SSSR count). The second kappa shape index (κ2) is 5.60. The van der Waals surface area contributed by atoms with Crippen LogP contribution in [0.15, 0.2) is 12.1 Å². The zero-order valence-corrected chi connectivity index (χ0v) is 9.93. The molecule has 0 saturated heterocycles. The summed E-state index contributed by atoms with van der Waals surface area (Å²) in [5, 5.41) is 3.06. The van der Waals surface area contributed by atoms with E-state index >= 15 is 0 Å². The monoisotopic (exact) mass is 229 g/mol. The molecule has 15 heavy (non-hydrogen) atoms. The molecule has 0 amide bonds. The molecule has 0 aliphatic heterocycles. The molecular weight excluding hydrogens is 214 g/mol. The van der Waals surface area contributed by atoms with Crippen LogP contribution in [-0.2, 0) is 0 Å². The van der Waals surface area contributed by atoms with Gasteiger partial charge in [-0.3, -0.25) is 0 Å². The van der Waals surface area contributed by atoms with Crippen LogP contribution >= 0.6 is 12.6 Å². The van der Waals surface area contributed by atoms with Crippen molar-refractivity contribution in [3.63, 3.8) is 0 Å². The van der Waals surface area contributed by atoms with Gasteiger partial charge in [-0.05, 0) is 0 Å². The molecule has 0 aliphatic rings. The van der Waals surface area contributed by atoms with Crippen LogP contribution in [0.3, 0.4) is 0 Å². The van der Waals surface area contributed by atoms with E-state index in [-0.39, 0.29) is 0 Å². The third-order valence-electron chi connectivity index (χ3n) is 1.95. The lowest BCUT2D eigenvalue weighted by Crippen LogP contribution is -1.99. The van der Waals surface area contributed by atoms with E-state index in [2.05, 4.69) is 17.9 Å². The molecule has 5 heteroatoms. The molecule has 1 aromatic carbocycles. The van der Waals surface area contributed by atoms with Crippen LogP contribution in [-0.4, -0.2) is 27.2 Å². The second-order valence-corrected chi connectivity index (χ2v) is 3.07. The summed E-state index contributed by atoms with van der Waals surface area (Å²) in [5.74, 6) is 2.38. The summed E-state index contributed by atoms with van der Waals surface area (Å²) in [6, 6.07) is 3.66. The molecule has 0 fully saturated rings. The van der Waals surface area contributed by atoms with Crippen LogP contribution in [0.1, 0.15) is 0 Å². The molecule has 0 aromatic heterocycles. The molecule has 0 spiro atoms. The predicted octanol–water partition coefficient (Wildman–Crippen LogP) is 2.01. The average molecular weight is 229 g/mol. The lowest BCUT2D eigenvalue weighted by molar-refractivity contribution is 0.324. The number of thiol groups is 1. The van der Waals surface area contributed by atoms with Crippen molar-refractivity contribution in [3.05, 3.63) is 12.1 Å². The van der Waals surface area contributed by atoms with Gasteiger partial charge in [-0.1, -0.05) is 0 Å². The number of methoxy groups -OCH3 is 3. The van der Waals surface area contributed by atoms with Gasteiger partial charge in [0.15, 0.2) is 11.5 Å². The first-order valence-electron chi connectivity index (χ1n) is 4.41. The van der Waals surface area contributed by atoms with E-state index in [4.69, 9.17) is 14.2 Å². The Morgan fingerprint density at radius 3 is 1.93 bits per heavy atom. The van der Waals surface area contributed by atoms with Crippen LogP contribution in [0.25, 0.3) is 0 Å². The van der Waals surface area contributed by atoms with Crippen LogP contribution in [0.2, 0.25) is 0 Å². The first-order chi connectivity index (χ1) is 7.26. The highest BCUT2D eigenvalue weighted by atomic mass is 32.1. The van der Waals surface area contributed by atoms with Gasteiger partial charge < -0.3 is 19.5 Å². The minimum absolute atomic E-state index is 0.540. The molecule has 1 N–H and O–H groups in total. The Morgan fingerprint density at radius 1 is 1.07 bits per heavy atom. The summed E-state index contributed by atoms with van der Waals surface area (Å²) in [6.45, 7) is 0. The summed E-state index contributed by atoms with van der Waals surface area (Å²) >= 11 is 4.08. The van der Waals surface area contributed by atoms with Crippen molar-refractivity contribution in [2.75, 3.05) is 32.5 Å². The maximum atomic E-state index is 5.20. The Balaban J connectivity index is 3.16. The summed E-state index contributed by atoms with van der Waals surface area (Å²) < 4.78 is 15.6. The fraction of sp³-hybridized carbons (Fsp3) is 0.400. The number of nitrogens with one attached hydrogen (secondary N) is 1. The number of benzene rings is 1. The highest BCUT2D eigenvalue weighted by Gasteiger charge is 2.12. The molecule has 0 unspecified atom stereocenters. The molecule has 4 nitrogen and oxygen atoms in total. The van der Waals surface area contributed by atoms with Crippen molar-refractivity contribution >= 4 is 18.3 Å². The highest BCUT2D eigenvalue weighted by Crippen LogP contribution is 2.39. The van der Waals surface area contributed by atoms with Crippen molar-refractivity contribution in [1.29, 1.82) is 0 Å². The molecule has 0 saturated carbocycles. The number of ether oxygens (including phenoxy) is 3. The average Bonchev–Trinajstić information content (AvgIpc) is 2.28. The van der Waals surface area contributed by atoms with Gasteiger partial charge in [-0.25, -0.2) is 0 Å². The zero-order valence-electron chi connectivity index (χ0n) is 9.03. The molecular formula is C10H15NO3S. The molecule has 0 bridgehead atoms. The normalized spacial score (nSPS) is 9.60. The second-order valence-electron chi connectivity index (χ2n) is 2.75. The molecule has 0 atom stereocenters. The minimum Gasteiger partial charge on any atom is -0.493 e. The highest BCUT2D eigenvalue weighted by molar-refractivity contribution is 7.80. The van der Waals surface area contributed by atoms with E-state index in [1.165, 1.54) is 0 Å². The number of anilines is 1. The van der Waals surface area contributed by atoms with Crippen molar-refractivity contribution < 1.29 is 14.2 Å². The van der Waals surface area contributed by atoms with Crippen molar-refractivity contribution in [2.24, 2.45) is 0 Å². The Morgan fingerprint density at radius 2 is 1.60 bits per heavy atom. The van der Waals surface area contributed by atoms with Crippen LogP contribution < -0.4 is 19.5 Å². The molecule has 0 heterocycles. The summed E-state index contributed by atoms with van der Waals surface area (Å²) in [5.41, 5.74) is 0.875. The number of rotatable bonds is 5. The molecule has 0 aliphatic carbocycles. The Labute approximate surface area is 94.9 Å². The van der Waals surface area contributed by atoms with Crippen LogP contribution in [0.4, 0.5) is 5.69 Å². The minimum atomic E-state index is 0.540. The first-order valence-corrected chi connectivity index (χ1v) is 5.04. The van der Waals surface area contributed by atoms with Crippen molar-refractivity contribution in [3.8, 4) is 17.2 Å². The topological polar surface area (TPSA) is 39.7 Å². The summed E-state index contributed by atoms with van der Waals surface area (Å²) in [4.78, 5) is 0. The van der Waals surface area contributed by atoms with Crippen molar-refractivity contribution in [2.45, 2.75) is 0 Å². The maximum Gasteiger partial charge on any atom is 0.203 e. The van der Waals surface area contributed by atoms with Gasteiger partial charge in [-0.15, -0.1) is 0 Å². The van der Waals surface area contributed by atoms with Gasteiger partial charge in [0.05, 0.1) is 27.2 Å². The van der Waals surface area contributed by atoms with Crippen LogP contribution in [0.5, 0.6) is 17.2 Å². The van der Waals surface area contributed by atoms with Gasteiger partial charge >= 0.3 is 0 Å². The Bertz CT molecular complexity index is 305. The zero-order chi connectivity index (χ0) is 11.3. The quantitative estimate of drug-likeness (QED) is 0.598. The SMILES string of the molecule is COc1cc(NCS)cc(OC)c1OC. The maximum absolute atomic E-state index is 5.20. The third-order valence-corrected chi connectivity index (χ3v) is 2.11. The van der Waals surface area contributed by atoms with Gasteiger partial charge in [-0.2, -0.15) is 12.6 Å². The first kappa shape index (κ1) is 11.8. The van der Waals surface area contributed by atoms with Crippen LogP contribution in [0, 0.1) is 0 Å². The van der Waals surface area contributed by atoms with E-state index in [0.717, 1.165) is 5.69 Å². The lowest BCUT2D eigenvalue weighted by atomic mass is 10.2. The largest absolute Gasteiger partial charge is 0.493 e. The third kappa shape index (κ3) is 2.62. The number of hydrogen-bond acceptors (Lipinski definition) is 5. The lowest BCUT2D eigenvalue weighted by Gasteiger charge is -2.14. The fourth-order valence-electron chi connectivity index (χ4n) is 1.27. The van der Waals surface area contributed by atoms with E-state index in [0.29, 0.717) is 23.1 Å². The van der Waals surface area contributed by atoms with E-state index in [1.807, 2.05) is 12.1 Å². The smallest absolute Gasteiger partial charge is 0.203 e. The predicted molar refractivity (Wildman–Crippen MR) is 63.6 cm³/mol. The van der Waals surface area contributed by atoms with E-state index < -0.39 is 0 Å². The summed E-state index contributed by atoms with van der Waals surface area (Å²) in [6.07, 6.45) is 0.